The average Bonchev–Trinajstić information content (AvgIpc) is 3.32. The van der Waals surface area contributed by atoms with Gasteiger partial charge in [0.05, 0.1) is 12.2 Å². The summed E-state index contributed by atoms with van der Waals surface area (Å²) in [6.45, 7) is 4.18. The van der Waals surface area contributed by atoms with Crippen LogP contribution < -0.4 is 15.0 Å². The number of fused-ring (bicyclic) bond motifs is 1. The molecule has 25 heavy (non-hydrogen) atoms. The summed E-state index contributed by atoms with van der Waals surface area (Å²) in [5.41, 5.74) is 5.06. The van der Waals surface area contributed by atoms with Crippen molar-refractivity contribution in [3.63, 3.8) is 0 Å². The summed E-state index contributed by atoms with van der Waals surface area (Å²) in [6, 6.07) is 5.68. The van der Waals surface area contributed by atoms with Crippen LogP contribution >= 0.6 is 0 Å². The molecule has 2 aliphatic heterocycles. The molecule has 0 radical (unpaired) electrons. The molecule has 2 aromatic rings. The molecule has 3 aliphatic rings. The molecule has 5 rings (SSSR count). The van der Waals surface area contributed by atoms with Gasteiger partial charge in [0.1, 0.15) is 11.9 Å². The van der Waals surface area contributed by atoms with Crippen molar-refractivity contribution in [2.45, 2.75) is 50.8 Å². The van der Waals surface area contributed by atoms with E-state index < -0.39 is 0 Å². The molecule has 1 aromatic carbocycles. The van der Waals surface area contributed by atoms with Crippen LogP contribution in [0.2, 0.25) is 0 Å². The molecular weight excluding hydrogens is 312 g/mol. The van der Waals surface area contributed by atoms with Crippen LogP contribution in [0.5, 0.6) is 5.75 Å². The van der Waals surface area contributed by atoms with E-state index in [9.17, 15) is 0 Å². The van der Waals surface area contributed by atoms with Crippen LogP contribution in [0.15, 0.2) is 24.5 Å². The molecular formula is C20H26N4O. The minimum Gasteiger partial charge on any atom is -0.487 e. The number of benzene rings is 1. The highest BCUT2D eigenvalue weighted by atomic mass is 16.5. The monoisotopic (exact) mass is 338 g/mol. The third-order valence-corrected chi connectivity index (χ3v) is 5.95. The van der Waals surface area contributed by atoms with Gasteiger partial charge in [-0.15, -0.1) is 0 Å². The Hall–Kier alpha value is -2.01. The lowest BCUT2D eigenvalue weighted by molar-refractivity contribution is 0.141. The van der Waals surface area contributed by atoms with Gasteiger partial charge in [-0.3, -0.25) is 4.68 Å². The SMILES string of the molecule is CC1CCc2c(ccc(-c3cnn(C4CC4)c3)c2OC2CNC2)N1C. The minimum absolute atomic E-state index is 0.286. The number of nitrogens with one attached hydrogen (secondary N) is 1. The molecule has 132 valence electrons. The Balaban J connectivity index is 1.58. The lowest BCUT2D eigenvalue weighted by atomic mass is 9.92. The quantitative estimate of drug-likeness (QED) is 0.931. The van der Waals surface area contributed by atoms with Crippen LogP contribution in [0.3, 0.4) is 0 Å². The molecule has 1 saturated carbocycles. The molecule has 0 bridgehead atoms. The smallest absolute Gasteiger partial charge is 0.133 e. The van der Waals surface area contributed by atoms with Gasteiger partial charge < -0.3 is 15.0 Å². The van der Waals surface area contributed by atoms with E-state index in [1.54, 1.807) is 0 Å². The Kier molecular flexibility index (Phi) is 3.52. The highest BCUT2D eigenvalue weighted by molar-refractivity contribution is 5.77. The number of aromatic nitrogens is 2. The summed E-state index contributed by atoms with van der Waals surface area (Å²) in [6.07, 6.45) is 9.25. The number of anilines is 1. The maximum Gasteiger partial charge on any atom is 0.133 e. The highest BCUT2D eigenvalue weighted by Gasteiger charge is 2.29. The predicted octanol–water partition coefficient (Wildman–Crippen LogP) is 3.01. The van der Waals surface area contributed by atoms with E-state index in [1.807, 2.05) is 6.20 Å². The largest absolute Gasteiger partial charge is 0.487 e. The number of hydrogen-bond donors (Lipinski definition) is 1. The molecule has 1 saturated heterocycles. The molecule has 0 amide bonds. The van der Waals surface area contributed by atoms with E-state index in [0.29, 0.717) is 12.1 Å². The molecule has 3 heterocycles. The summed E-state index contributed by atoms with van der Waals surface area (Å²) < 4.78 is 8.60. The third kappa shape index (κ3) is 2.61. The van der Waals surface area contributed by atoms with Gasteiger partial charge in [-0.1, -0.05) is 0 Å². The number of hydrogen-bond acceptors (Lipinski definition) is 4. The summed E-state index contributed by atoms with van der Waals surface area (Å²) in [4.78, 5) is 2.39. The van der Waals surface area contributed by atoms with Gasteiger partial charge in [-0.2, -0.15) is 5.10 Å². The van der Waals surface area contributed by atoms with Crippen LogP contribution in [0, 0.1) is 0 Å². The van der Waals surface area contributed by atoms with Gasteiger partial charge in [0, 0.05) is 54.8 Å². The van der Waals surface area contributed by atoms with Crippen LogP contribution in [0.4, 0.5) is 5.69 Å². The molecule has 2 fully saturated rings. The number of nitrogens with zero attached hydrogens (tertiary/aromatic N) is 3. The molecule has 1 unspecified atom stereocenters. The van der Waals surface area contributed by atoms with Crippen LogP contribution in [-0.2, 0) is 6.42 Å². The number of ether oxygens (including phenoxy) is 1. The molecule has 0 spiro atoms. The van der Waals surface area contributed by atoms with E-state index in [-0.39, 0.29) is 6.10 Å². The van der Waals surface area contributed by atoms with Crippen molar-refractivity contribution >= 4 is 5.69 Å². The molecule has 1 aromatic heterocycles. The Bertz CT molecular complexity index is 791. The van der Waals surface area contributed by atoms with Gasteiger partial charge >= 0.3 is 0 Å². The second-order valence-corrected chi connectivity index (χ2v) is 7.78. The fourth-order valence-electron chi connectivity index (χ4n) is 3.86. The zero-order valence-electron chi connectivity index (χ0n) is 15.0. The molecule has 1 N–H and O–H groups in total. The van der Waals surface area contributed by atoms with Crippen molar-refractivity contribution < 1.29 is 4.74 Å². The topological polar surface area (TPSA) is 42.3 Å². The van der Waals surface area contributed by atoms with E-state index >= 15 is 0 Å². The van der Waals surface area contributed by atoms with Gasteiger partial charge in [0.25, 0.3) is 0 Å². The standard InChI is InChI=1S/C20H26N4O/c1-13-3-6-18-19(23(13)2)8-7-17(20(18)25-16-10-21-11-16)14-9-22-24(12-14)15-4-5-15/h7-9,12-13,15-16,21H,3-6,10-11H2,1-2H3. The Morgan fingerprint density at radius 2 is 2.04 bits per heavy atom. The van der Waals surface area contributed by atoms with E-state index in [0.717, 1.165) is 25.3 Å². The van der Waals surface area contributed by atoms with Gasteiger partial charge in [0.15, 0.2) is 0 Å². The lowest BCUT2D eigenvalue weighted by Crippen LogP contribution is -2.50. The number of rotatable bonds is 4. The van der Waals surface area contributed by atoms with Crippen LogP contribution in [0.1, 0.15) is 37.8 Å². The summed E-state index contributed by atoms with van der Waals surface area (Å²) >= 11 is 0. The van der Waals surface area contributed by atoms with E-state index in [1.165, 1.54) is 41.6 Å². The van der Waals surface area contributed by atoms with Crippen molar-refractivity contribution in [2.24, 2.45) is 0 Å². The average molecular weight is 338 g/mol. The van der Waals surface area contributed by atoms with E-state index in [4.69, 9.17) is 4.74 Å². The first kappa shape index (κ1) is 15.3. The van der Waals surface area contributed by atoms with Gasteiger partial charge in [-0.05, 0) is 44.7 Å². The van der Waals surface area contributed by atoms with E-state index in [2.05, 4.69) is 52.3 Å². The fraction of sp³-hybridized carbons (Fsp3) is 0.550. The molecule has 1 aliphatic carbocycles. The minimum atomic E-state index is 0.286. The first-order valence-electron chi connectivity index (χ1n) is 9.51. The first-order chi connectivity index (χ1) is 12.2. The summed E-state index contributed by atoms with van der Waals surface area (Å²) in [5, 5.41) is 7.90. The lowest BCUT2D eigenvalue weighted by Gasteiger charge is -2.37. The van der Waals surface area contributed by atoms with Crippen molar-refractivity contribution in [1.82, 2.24) is 15.1 Å². The van der Waals surface area contributed by atoms with Gasteiger partial charge in [-0.25, -0.2) is 0 Å². The second kappa shape index (κ2) is 5.77. The second-order valence-electron chi connectivity index (χ2n) is 7.78. The summed E-state index contributed by atoms with van der Waals surface area (Å²) in [5.74, 6) is 1.08. The maximum atomic E-state index is 6.48. The Morgan fingerprint density at radius 3 is 2.76 bits per heavy atom. The molecule has 5 heteroatoms. The fourth-order valence-corrected chi connectivity index (χ4v) is 3.86. The Labute approximate surface area is 149 Å². The zero-order valence-corrected chi connectivity index (χ0v) is 15.0. The first-order valence-corrected chi connectivity index (χ1v) is 9.51. The zero-order chi connectivity index (χ0) is 17.0. The molecule has 1 atom stereocenters. The highest BCUT2D eigenvalue weighted by Crippen LogP contribution is 2.43. The van der Waals surface area contributed by atoms with Crippen molar-refractivity contribution in [3.05, 3.63) is 30.1 Å². The van der Waals surface area contributed by atoms with Crippen LogP contribution in [-0.4, -0.2) is 42.1 Å². The Morgan fingerprint density at radius 1 is 1.20 bits per heavy atom. The van der Waals surface area contributed by atoms with Crippen molar-refractivity contribution in [1.29, 1.82) is 0 Å². The molecule has 5 nitrogen and oxygen atoms in total. The summed E-state index contributed by atoms with van der Waals surface area (Å²) in [7, 11) is 2.20. The maximum absolute atomic E-state index is 6.48. The third-order valence-electron chi connectivity index (χ3n) is 5.95. The predicted molar refractivity (Wildman–Crippen MR) is 99.4 cm³/mol. The van der Waals surface area contributed by atoms with Crippen molar-refractivity contribution in [2.75, 3.05) is 25.0 Å². The normalized spacial score (nSPS) is 23.3. The van der Waals surface area contributed by atoms with Gasteiger partial charge in [0.2, 0.25) is 0 Å². The van der Waals surface area contributed by atoms with Crippen molar-refractivity contribution in [3.8, 4) is 16.9 Å². The van der Waals surface area contributed by atoms with Crippen LogP contribution in [0.25, 0.3) is 11.1 Å².